The van der Waals surface area contributed by atoms with Crippen molar-refractivity contribution in [3.63, 3.8) is 0 Å². The summed E-state index contributed by atoms with van der Waals surface area (Å²) in [4.78, 5) is 23.4. The maximum Gasteiger partial charge on any atom is 0.333 e. The van der Waals surface area contributed by atoms with Gasteiger partial charge in [0.05, 0.1) is 12.5 Å². The van der Waals surface area contributed by atoms with Gasteiger partial charge in [-0.1, -0.05) is 13.5 Å². The summed E-state index contributed by atoms with van der Waals surface area (Å²) in [6.45, 7) is 7.86. The highest BCUT2D eigenvalue weighted by Gasteiger charge is 2.65. The van der Waals surface area contributed by atoms with E-state index < -0.39 is 0 Å². The molecule has 3 fully saturated rings. The Labute approximate surface area is 106 Å². The largest absolute Gasteiger partial charge is 0.465 e. The monoisotopic (exact) mass is 250 g/mol. The van der Waals surface area contributed by atoms with Crippen molar-refractivity contribution in [1.29, 1.82) is 0 Å². The fourth-order valence-electron chi connectivity index (χ4n) is 4.12. The van der Waals surface area contributed by atoms with E-state index in [-0.39, 0.29) is 41.2 Å². The highest BCUT2D eigenvalue weighted by atomic mass is 16.6. The van der Waals surface area contributed by atoms with Gasteiger partial charge >= 0.3 is 11.9 Å². The molecule has 1 aliphatic heterocycles. The molecule has 5 unspecified atom stereocenters. The van der Waals surface area contributed by atoms with E-state index in [0.717, 1.165) is 12.8 Å². The Morgan fingerprint density at radius 2 is 2.17 bits per heavy atom. The van der Waals surface area contributed by atoms with Crippen LogP contribution < -0.4 is 0 Å². The zero-order valence-corrected chi connectivity index (χ0v) is 10.8. The second-order valence-electron chi connectivity index (χ2n) is 6.22. The molecule has 0 aromatic rings. The van der Waals surface area contributed by atoms with Crippen molar-refractivity contribution in [2.24, 2.45) is 23.2 Å². The van der Waals surface area contributed by atoms with Gasteiger partial charge in [-0.15, -0.1) is 0 Å². The van der Waals surface area contributed by atoms with Crippen LogP contribution in [0.25, 0.3) is 0 Å². The van der Waals surface area contributed by atoms with E-state index in [4.69, 9.17) is 9.47 Å². The van der Waals surface area contributed by atoms with Gasteiger partial charge in [0.1, 0.15) is 6.10 Å². The van der Waals surface area contributed by atoms with Crippen LogP contribution in [0, 0.1) is 23.2 Å². The van der Waals surface area contributed by atoms with Gasteiger partial charge in [0.25, 0.3) is 0 Å². The van der Waals surface area contributed by atoms with Gasteiger partial charge in [0, 0.05) is 17.4 Å². The molecule has 0 amide bonds. The van der Waals surface area contributed by atoms with Crippen molar-refractivity contribution in [3.05, 3.63) is 12.2 Å². The zero-order chi connectivity index (χ0) is 13.1. The first-order valence-corrected chi connectivity index (χ1v) is 6.45. The van der Waals surface area contributed by atoms with Gasteiger partial charge < -0.3 is 9.47 Å². The number of ether oxygens (including phenoxy) is 2. The number of rotatable bonds is 2. The molecule has 4 heteroatoms. The lowest BCUT2D eigenvalue weighted by atomic mass is 9.72. The van der Waals surface area contributed by atoms with Gasteiger partial charge in [-0.25, -0.2) is 4.79 Å². The van der Waals surface area contributed by atoms with Crippen molar-refractivity contribution in [2.75, 3.05) is 6.61 Å². The summed E-state index contributed by atoms with van der Waals surface area (Å²) in [5, 5.41) is 0. The summed E-state index contributed by atoms with van der Waals surface area (Å²) in [6.07, 6.45) is 1.66. The highest BCUT2D eigenvalue weighted by Crippen LogP contribution is 2.63. The van der Waals surface area contributed by atoms with Crippen LogP contribution in [0.5, 0.6) is 0 Å². The molecule has 0 spiro atoms. The van der Waals surface area contributed by atoms with E-state index in [1.165, 1.54) is 0 Å². The first-order chi connectivity index (χ1) is 8.42. The van der Waals surface area contributed by atoms with E-state index in [1.54, 1.807) is 6.92 Å². The topological polar surface area (TPSA) is 52.6 Å². The Morgan fingerprint density at radius 1 is 1.44 bits per heavy atom. The lowest BCUT2D eigenvalue weighted by molar-refractivity contribution is -0.149. The van der Waals surface area contributed by atoms with Crippen LogP contribution >= 0.6 is 0 Å². The molecule has 0 N–H and O–H groups in total. The minimum atomic E-state index is -0.321. The fraction of sp³-hybridized carbons (Fsp3) is 0.714. The summed E-state index contributed by atoms with van der Waals surface area (Å²) in [5.41, 5.74) is 0.376. The van der Waals surface area contributed by atoms with Crippen LogP contribution in [0.4, 0.5) is 0 Å². The first kappa shape index (κ1) is 11.8. The Hall–Kier alpha value is -1.32. The molecule has 1 saturated heterocycles. The number of carbonyl (C=O) groups is 2. The third-order valence-corrected chi connectivity index (χ3v) is 4.85. The predicted octanol–water partition coefficient (Wildman–Crippen LogP) is 1.69. The summed E-state index contributed by atoms with van der Waals surface area (Å²) in [6, 6.07) is 0. The molecule has 0 aromatic carbocycles. The Kier molecular flexibility index (Phi) is 2.34. The second-order valence-corrected chi connectivity index (χ2v) is 6.22. The smallest absolute Gasteiger partial charge is 0.333 e. The molecule has 3 aliphatic rings. The van der Waals surface area contributed by atoms with Gasteiger partial charge in [0.15, 0.2) is 0 Å². The molecule has 98 valence electrons. The fourth-order valence-corrected chi connectivity index (χ4v) is 4.12. The highest BCUT2D eigenvalue weighted by molar-refractivity contribution is 5.87. The Balaban J connectivity index is 1.79. The van der Waals surface area contributed by atoms with Crippen LogP contribution in [0.2, 0.25) is 0 Å². The van der Waals surface area contributed by atoms with Crippen molar-refractivity contribution < 1.29 is 19.1 Å². The second kappa shape index (κ2) is 3.59. The Bertz CT molecular complexity index is 441. The summed E-state index contributed by atoms with van der Waals surface area (Å²) in [7, 11) is 0. The van der Waals surface area contributed by atoms with Crippen molar-refractivity contribution in [3.8, 4) is 0 Å². The number of carbonyl (C=O) groups excluding carboxylic acids is 2. The van der Waals surface area contributed by atoms with Crippen molar-refractivity contribution in [2.45, 2.75) is 32.8 Å². The molecule has 0 radical (unpaired) electrons. The molecule has 3 rings (SSSR count). The average Bonchev–Trinajstić information content (AvgIpc) is 2.88. The minimum absolute atomic E-state index is 0.0160. The third kappa shape index (κ3) is 1.44. The molecular formula is C14H18O4. The van der Waals surface area contributed by atoms with Crippen LogP contribution in [-0.4, -0.2) is 24.6 Å². The van der Waals surface area contributed by atoms with Crippen LogP contribution in [-0.2, 0) is 19.1 Å². The SMILES string of the molecule is C=C(C)C(=O)OC1CC2(C)CC1C1COC(=O)C12. The molecule has 1 heterocycles. The van der Waals surface area contributed by atoms with Gasteiger partial charge in [-0.2, -0.15) is 0 Å². The predicted molar refractivity (Wildman–Crippen MR) is 63.5 cm³/mol. The van der Waals surface area contributed by atoms with E-state index in [1.807, 2.05) is 0 Å². The molecule has 0 aromatic heterocycles. The average molecular weight is 250 g/mol. The Morgan fingerprint density at radius 3 is 2.83 bits per heavy atom. The van der Waals surface area contributed by atoms with E-state index in [2.05, 4.69) is 13.5 Å². The molecule has 2 aliphatic carbocycles. The van der Waals surface area contributed by atoms with Crippen LogP contribution in [0.3, 0.4) is 0 Å². The van der Waals surface area contributed by atoms with E-state index >= 15 is 0 Å². The summed E-state index contributed by atoms with van der Waals surface area (Å²) in [5.74, 6) is 0.142. The van der Waals surface area contributed by atoms with Crippen molar-refractivity contribution in [1.82, 2.24) is 0 Å². The number of cyclic esters (lactones) is 1. The summed E-state index contributed by atoms with van der Waals surface area (Å²) < 4.78 is 10.7. The van der Waals surface area contributed by atoms with Gasteiger partial charge in [0.2, 0.25) is 0 Å². The molecule has 2 bridgehead atoms. The first-order valence-electron chi connectivity index (χ1n) is 6.45. The number of fused-ring (bicyclic) bond motifs is 5. The van der Waals surface area contributed by atoms with Crippen LogP contribution in [0.15, 0.2) is 12.2 Å². The third-order valence-electron chi connectivity index (χ3n) is 4.85. The lowest BCUT2D eigenvalue weighted by Gasteiger charge is -2.33. The van der Waals surface area contributed by atoms with Gasteiger partial charge in [-0.3, -0.25) is 4.79 Å². The number of esters is 2. The molecule has 18 heavy (non-hydrogen) atoms. The maximum absolute atomic E-state index is 11.7. The zero-order valence-electron chi connectivity index (χ0n) is 10.8. The standard InChI is InChI=1S/C14H18O4/c1-7(2)12(15)18-10-5-14(3)4-8(10)9-6-17-13(16)11(9)14/h8-11H,1,4-6H2,2-3H3. The maximum atomic E-state index is 11.7. The molecular weight excluding hydrogens is 232 g/mol. The van der Waals surface area contributed by atoms with E-state index in [9.17, 15) is 9.59 Å². The quantitative estimate of drug-likeness (QED) is 0.553. The summed E-state index contributed by atoms with van der Waals surface area (Å²) >= 11 is 0. The minimum Gasteiger partial charge on any atom is -0.465 e. The van der Waals surface area contributed by atoms with Crippen LogP contribution in [0.1, 0.15) is 26.7 Å². The van der Waals surface area contributed by atoms with Gasteiger partial charge in [-0.05, 0) is 25.2 Å². The number of hydrogen-bond donors (Lipinski definition) is 0. The van der Waals surface area contributed by atoms with E-state index in [0.29, 0.717) is 12.2 Å². The molecule has 5 atom stereocenters. The molecule has 4 nitrogen and oxygen atoms in total. The molecule has 2 saturated carbocycles. The van der Waals surface area contributed by atoms with Crippen molar-refractivity contribution >= 4 is 11.9 Å². The normalized spacial score (nSPS) is 44.7. The lowest BCUT2D eigenvalue weighted by Crippen LogP contribution is -2.38. The number of hydrogen-bond acceptors (Lipinski definition) is 4.